The number of benzene rings is 1. The zero-order valence-corrected chi connectivity index (χ0v) is 16.2. The average Bonchev–Trinajstić information content (AvgIpc) is 3.12. The molecule has 1 saturated heterocycles. The second-order valence-electron chi connectivity index (χ2n) is 7.16. The van der Waals surface area contributed by atoms with Gasteiger partial charge in [0, 0.05) is 38.1 Å². The quantitative estimate of drug-likeness (QED) is 0.812. The Morgan fingerprint density at radius 2 is 2.11 bits per heavy atom. The number of fused-ring (bicyclic) bond motifs is 1. The molecule has 0 unspecified atom stereocenters. The van der Waals surface area contributed by atoms with E-state index in [4.69, 9.17) is 16.3 Å². The third-order valence-electron chi connectivity index (χ3n) is 5.17. The van der Waals surface area contributed by atoms with E-state index in [-0.39, 0.29) is 11.1 Å². The lowest BCUT2D eigenvalue weighted by atomic mass is 10.0. The standard InChI is InChI=1S/C19H23ClFN5O2/c20-16-9-14(1-2-17(16)21)23-19(27)25-5-6-26-15(12-25)10-18(24-26)22-11-13-3-7-28-8-4-13/h1-2,9-10,13H,3-8,11-12H2,(H,22,24)(H,23,27). The van der Waals surface area contributed by atoms with Gasteiger partial charge in [0.15, 0.2) is 0 Å². The zero-order valence-electron chi connectivity index (χ0n) is 15.5. The first-order valence-corrected chi connectivity index (χ1v) is 9.85. The molecule has 4 rings (SSSR count). The number of hydrogen-bond donors (Lipinski definition) is 2. The molecule has 1 aromatic carbocycles. The summed E-state index contributed by atoms with van der Waals surface area (Å²) in [5.41, 5.74) is 1.45. The first-order valence-electron chi connectivity index (χ1n) is 9.48. The van der Waals surface area contributed by atoms with Crippen LogP contribution in [-0.4, -0.2) is 47.0 Å². The second kappa shape index (κ2) is 8.36. The lowest BCUT2D eigenvalue weighted by Crippen LogP contribution is -2.40. The molecule has 2 aromatic rings. The van der Waals surface area contributed by atoms with Crippen LogP contribution in [-0.2, 0) is 17.8 Å². The molecule has 9 heteroatoms. The van der Waals surface area contributed by atoms with E-state index in [1.165, 1.54) is 18.2 Å². The number of halogens is 2. The van der Waals surface area contributed by atoms with Crippen LogP contribution < -0.4 is 10.6 Å². The maximum Gasteiger partial charge on any atom is 0.322 e. The van der Waals surface area contributed by atoms with Crippen molar-refractivity contribution < 1.29 is 13.9 Å². The van der Waals surface area contributed by atoms with E-state index in [1.807, 2.05) is 10.7 Å². The molecule has 2 N–H and O–H groups in total. The van der Waals surface area contributed by atoms with Gasteiger partial charge in [-0.3, -0.25) is 4.68 Å². The first-order chi connectivity index (χ1) is 13.6. The summed E-state index contributed by atoms with van der Waals surface area (Å²) in [6.07, 6.45) is 2.14. The van der Waals surface area contributed by atoms with Crippen molar-refractivity contribution in [2.24, 2.45) is 5.92 Å². The Bertz CT molecular complexity index is 853. The Balaban J connectivity index is 1.34. The van der Waals surface area contributed by atoms with Crippen LogP contribution in [0.3, 0.4) is 0 Å². The molecule has 150 valence electrons. The van der Waals surface area contributed by atoms with Gasteiger partial charge in [-0.1, -0.05) is 11.6 Å². The normalized spacial score (nSPS) is 17.3. The second-order valence-corrected chi connectivity index (χ2v) is 7.57. The Hall–Kier alpha value is -2.32. The Morgan fingerprint density at radius 3 is 2.89 bits per heavy atom. The van der Waals surface area contributed by atoms with Crippen molar-refractivity contribution in [1.29, 1.82) is 0 Å². The highest BCUT2D eigenvalue weighted by molar-refractivity contribution is 6.31. The van der Waals surface area contributed by atoms with Crippen LogP contribution in [0.25, 0.3) is 0 Å². The predicted molar refractivity (Wildman–Crippen MR) is 105 cm³/mol. The molecular weight excluding hydrogens is 385 g/mol. The number of amides is 2. The van der Waals surface area contributed by atoms with Gasteiger partial charge in [0.25, 0.3) is 0 Å². The largest absolute Gasteiger partial charge is 0.381 e. The molecule has 1 fully saturated rings. The lowest BCUT2D eigenvalue weighted by Gasteiger charge is -2.27. The van der Waals surface area contributed by atoms with E-state index < -0.39 is 5.82 Å². The van der Waals surface area contributed by atoms with Crippen LogP contribution in [0.2, 0.25) is 5.02 Å². The van der Waals surface area contributed by atoms with E-state index in [9.17, 15) is 9.18 Å². The summed E-state index contributed by atoms with van der Waals surface area (Å²) < 4.78 is 20.6. The number of ether oxygens (including phenoxy) is 1. The third-order valence-corrected chi connectivity index (χ3v) is 5.46. The minimum Gasteiger partial charge on any atom is -0.381 e. The number of carbonyl (C=O) groups is 1. The van der Waals surface area contributed by atoms with Gasteiger partial charge in [-0.15, -0.1) is 0 Å². The number of nitrogens with one attached hydrogen (secondary N) is 2. The van der Waals surface area contributed by atoms with Crippen molar-refractivity contribution >= 4 is 29.1 Å². The smallest absolute Gasteiger partial charge is 0.322 e. The monoisotopic (exact) mass is 407 g/mol. The zero-order chi connectivity index (χ0) is 19.5. The number of aromatic nitrogens is 2. The molecule has 0 aliphatic carbocycles. The molecule has 1 aromatic heterocycles. The van der Waals surface area contributed by atoms with Crippen LogP contribution in [0, 0.1) is 11.7 Å². The van der Waals surface area contributed by atoms with Crippen molar-refractivity contribution in [3.63, 3.8) is 0 Å². The van der Waals surface area contributed by atoms with Crippen molar-refractivity contribution in [1.82, 2.24) is 14.7 Å². The molecule has 2 amide bonds. The molecule has 2 aliphatic heterocycles. The van der Waals surface area contributed by atoms with Gasteiger partial charge in [0.2, 0.25) is 0 Å². The fourth-order valence-electron chi connectivity index (χ4n) is 3.50. The summed E-state index contributed by atoms with van der Waals surface area (Å²) in [5, 5.41) is 10.7. The minimum atomic E-state index is -0.512. The summed E-state index contributed by atoms with van der Waals surface area (Å²) in [6, 6.07) is 5.88. The fourth-order valence-corrected chi connectivity index (χ4v) is 3.68. The van der Waals surface area contributed by atoms with Gasteiger partial charge in [-0.2, -0.15) is 5.10 Å². The molecule has 2 aliphatic rings. The third kappa shape index (κ3) is 4.39. The molecule has 28 heavy (non-hydrogen) atoms. The summed E-state index contributed by atoms with van der Waals surface area (Å²) >= 11 is 5.77. The Morgan fingerprint density at radius 1 is 1.29 bits per heavy atom. The predicted octanol–water partition coefficient (Wildman–Crippen LogP) is 3.56. The van der Waals surface area contributed by atoms with E-state index in [0.717, 1.165) is 44.1 Å². The maximum atomic E-state index is 13.3. The lowest BCUT2D eigenvalue weighted by molar-refractivity contribution is 0.0699. The summed E-state index contributed by atoms with van der Waals surface area (Å²) in [6.45, 7) is 4.19. The van der Waals surface area contributed by atoms with Crippen molar-refractivity contribution in [3.8, 4) is 0 Å². The van der Waals surface area contributed by atoms with Gasteiger partial charge < -0.3 is 20.3 Å². The van der Waals surface area contributed by atoms with Crippen LogP contribution in [0.4, 0.5) is 20.7 Å². The molecule has 0 atom stereocenters. The van der Waals surface area contributed by atoms with Crippen molar-refractivity contribution in [3.05, 3.63) is 40.8 Å². The van der Waals surface area contributed by atoms with Gasteiger partial charge >= 0.3 is 6.03 Å². The number of rotatable bonds is 4. The first kappa shape index (κ1) is 19.0. The van der Waals surface area contributed by atoms with Gasteiger partial charge in [-0.25, -0.2) is 9.18 Å². The summed E-state index contributed by atoms with van der Waals surface area (Å²) in [4.78, 5) is 14.2. The summed E-state index contributed by atoms with van der Waals surface area (Å²) in [7, 11) is 0. The highest BCUT2D eigenvalue weighted by Gasteiger charge is 2.23. The molecule has 0 spiro atoms. The molecule has 3 heterocycles. The highest BCUT2D eigenvalue weighted by atomic mass is 35.5. The topological polar surface area (TPSA) is 71.4 Å². The van der Waals surface area contributed by atoms with Gasteiger partial charge in [0.05, 0.1) is 23.8 Å². The maximum absolute atomic E-state index is 13.3. The number of carbonyl (C=O) groups excluding carboxylic acids is 1. The van der Waals surface area contributed by atoms with E-state index >= 15 is 0 Å². The van der Waals surface area contributed by atoms with Crippen LogP contribution in [0.1, 0.15) is 18.5 Å². The van der Waals surface area contributed by atoms with E-state index in [2.05, 4.69) is 15.7 Å². The van der Waals surface area contributed by atoms with Gasteiger partial charge in [0.1, 0.15) is 11.6 Å². The fraction of sp³-hybridized carbons (Fsp3) is 0.474. The molecule has 7 nitrogen and oxygen atoms in total. The summed E-state index contributed by atoms with van der Waals surface area (Å²) in [5.74, 6) is 0.939. The Kier molecular flexibility index (Phi) is 5.68. The molecule has 0 radical (unpaired) electrons. The number of urea groups is 1. The Labute approximate surface area is 167 Å². The molecule has 0 bridgehead atoms. The number of nitrogens with zero attached hydrogens (tertiary/aromatic N) is 3. The minimum absolute atomic E-state index is 0.0187. The van der Waals surface area contributed by atoms with Crippen LogP contribution in [0.5, 0.6) is 0 Å². The average molecular weight is 408 g/mol. The van der Waals surface area contributed by atoms with Gasteiger partial charge in [-0.05, 0) is 37.0 Å². The van der Waals surface area contributed by atoms with E-state index in [0.29, 0.717) is 31.2 Å². The van der Waals surface area contributed by atoms with Crippen molar-refractivity contribution in [2.75, 3.05) is 36.9 Å². The molecular formula is C19H23ClFN5O2. The van der Waals surface area contributed by atoms with Crippen LogP contribution >= 0.6 is 11.6 Å². The number of hydrogen-bond acceptors (Lipinski definition) is 4. The van der Waals surface area contributed by atoms with E-state index in [1.54, 1.807) is 4.90 Å². The number of anilines is 2. The van der Waals surface area contributed by atoms with Crippen LogP contribution in [0.15, 0.2) is 24.3 Å². The molecule has 0 saturated carbocycles. The van der Waals surface area contributed by atoms with Crippen molar-refractivity contribution in [2.45, 2.75) is 25.9 Å². The highest BCUT2D eigenvalue weighted by Crippen LogP contribution is 2.22. The SMILES string of the molecule is O=C(Nc1ccc(F)c(Cl)c1)N1CCn2nc(NCC3CCOCC3)cc2C1.